The van der Waals surface area contributed by atoms with Crippen LogP contribution in [0.1, 0.15) is 6.42 Å². The van der Waals surface area contributed by atoms with Crippen LogP contribution < -0.4 is 15.4 Å². The molecule has 0 saturated carbocycles. The molecule has 2 N–H and O–H groups in total. The number of halogens is 2. The molecular formula is C14H16ClFN4O. The summed E-state index contributed by atoms with van der Waals surface area (Å²) in [5, 5.41) is 0.316. The number of nitrogens with zero attached hydrogens (tertiary/aromatic N) is 3. The van der Waals surface area contributed by atoms with Crippen LogP contribution in [0, 0.1) is 5.82 Å². The lowest BCUT2D eigenvalue weighted by atomic mass is 10.2. The van der Waals surface area contributed by atoms with Gasteiger partial charge in [-0.3, -0.25) is 0 Å². The van der Waals surface area contributed by atoms with E-state index in [1.165, 1.54) is 19.4 Å². The number of nitrogens with two attached hydrogens (primary N) is 1. The maximum Gasteiger partial charge on any atom is 0.318 e. The molecule has 5 nitrogen and oxygen atoms in total. The molecule has 1 aromatic heterocycles. The molecule has 1 aromatic carbocycles. The van der Waals surface area contributed by atoms with Gasteiger partial charge in [-0.2, -0.15) is 4.98 Å². The SMILES string of the molecule is COc1ncc(Cl)c(N(CCCN)c2ccccc2F)n1. The number of hydrogen-bond acceptors (Lipinski definition) is 5. The summed E-state index contributed by atoms with van der Waals surface area (Å²) in [5.74, 6) is 0.0326. The monoisotopic (exact) mass is 310 g/mol. The number of aromatic nitrogens is 2. The van der Waals surface area contributed by atoms with Crippen molar-refractivity contribution < 1.29 is 9.13 Å². The highest BCUT2D eigenvalue weighted by atomic mass is 35.5. The molecule has 112 valence electrons. The first kappa shape index (κ1) is 15.5. The van der Waals surface area contributed by atoms with Crippen LogP contribution >= 0.6 is 11.6 Å². The molecule has 0 fully saturated rings. The van der Waals surface area contributed by atoms with Gasteiger partial charge in [0.25, 0.3) is 0 Å². The van der Waals surface area contributed by atoms with E-state index in [1.54, 1.807) is 23.1 Å². The summed E-state index contributed by atoms with van der Waals surface area (Å²) in [5.41, 5.74) is 5.94. The third-order valence-corrected chi connectivity index (χ3v) is 3.14. The lowest BCUT2D eigenvalue weighted by molar-refractivity contribution is 0.380. The van der Waals surface area contributed by atoms with Crippen LogP contribution in [0.5, 0.6) is 6.01 Å². The summed E-state index contributed by atoms with van der Waals surface area (Å²) in [6, 6.07) is 6.60. The molecule has 0 spiro atoms. The summed E-state index contributed by atoms with van der Waals surface area (Å²) in [4.78, 5) is 9.82. The fourth-order valence-electron chi connectivity index (χ4n) is 1.89. The van der Waals surface area contributed by atoms with Gasteiger partial charge in [-0.05, 0) is 25.1 Å². The molecule has 0 saturated heterocycles. The average Bonchev–Trinajstić information content (AvgIpc) is 2.50. The van der Waals surface area contributed by atoms with Gasteiger partial charge in [0.05, 0.1) is 19.0 Å². The molecule has 0 radical (unpaired) electrons. The first-order valence-electron chi connectivity index (χ1n) is 6.46. The van der Waals surface area contributed by atoms with E-state index >= 15 is 0 Å². The van der Waals surface area contributed by atoms with E-state index in [2.05, 4.69) is 9.97 Å². The van der Waals surface area contributed by atoms with Crippen molar-refractivity contribution in [1.29, 1.82) is 0 Å². The van der Waals surface area contributed by atoms with E-state index in [0.29, 0.717) is 36.0 Å². The molecular weight excluding hydrogens is 295 g/mol. The Hall–Kier alpha value is -1.92. The second kappa shape index (κ2) is 7.19. The van der Waals surface area contributed by atoms with Crippen LogP contribution in [-0.2, 0) is 0 Å². The Morgan fingerprint density at radius 2 is 2.14 bits per heavy atom. The van der Waals surface area contributed by atoms with Crippen LogP contribution in [0.25, 0.3) is 0 Å². The fourth-order valence-corrected chi connectivity index (χ4v) is 2.08. The van der Waals surface area contributed by atoms with E-state index in [-0.39, 0.29) is 11.8 Å². The molecule has 0 aliphatic carbocycles. The van der Waals surface area contributed by atoms with Gasteiger partial charge in [0.1, 0.15) is 10.8 Å². The van der Waals surface area contributed by atoms with Crippen molar-refractivity contribution in [3.8, 4) is 6.01 Å². The van der Waals surface area contributed by atoms with Crippen molar-refractivity contribution in [2.75, 3.05) is 25.1 Å². The molecule has 21 heavy (non-hydrogen) atoms. The molecule has 0 bridgehead atoms. The van der Waals surface area contributed by atoms with Gasteiger partial charge in [0.15, 0.2) is 5.82 Å². The largest absolute Gasteiger partial charge is 0.467 e. The Balaban J connectivity index is 2.48. The topological polar surface area (TPSA) is 64.3 Å². The van der Waals surface area contributed by atoms with Gasteiger partial charge < -0.3 is 15.4 Å². The van der Waals surface area contributed by atoms with E-state index in [9.17, 15) is 4.39 Å². The molecule has 0 aliphatic rings. The smallest absolute Gasteiger partial charge is 0.318 e. The van der Waals surface area contributed by atoms with Crippen molar-refractivity contribution in [3.05, 3.63) is 41.3 Å². The van der Waals surface area contributed by atoms with Crippen molar-refractivity contribution in [3.63, 3.8) is 0 Å². The van der Waals surface area contributed by atoms with Crippen molar-refractivity contribution in [1.82, 2.24) is 9.97 Å². The molecule has 2 aromatic rings. The Bertz CT molecular complexity index is 611. The van der Waals surface area contributed by atoms with Gasteiger partial charge in [-0.25, -0.2) is 9.37 Å². The number of rotatable bonds is 6. The molecule has 7 heteroatoms. The second-order valence-electron chi connectivity index (χ2n) is 4.27. The van der Waals surface area contributed by atoms with E-state index < -0.39 is 0 Å². The normalized spacial score (nSPS) is 10.5. The lowest BCUT2D eigenvalue weighted by Crippen LogP contribution is -2.23. The van der Waals surface area contributed by atoms with Crippen molar-refractivity contribution in [2.24, 2.45) is 5.73 Å². The predicted molar refractivity (Wildman–Crippen MR) is 80.7 cm³/mol. The maximum atomic E-state index is 14.1. The average molecular weight is 311 g/mol. The minimum absolute atomic E-state index is 0.170. The zero-order valence-corrected chi connectivity index (χ0v) is 12.3. The highest BCUT2D eigenvalue weighted by Gasteiger charge is 2.18. The molecule has 0 unspecified atom stereocenters. The molecule has 0 amide bonds. The highest BCUT2D eigenvalue weighted by molar-refractivity contribution is 6.33. The Morgan fingerprint density at radius 3 is 2.81 bits per heavy atom. The molecule has 1 heterocycles. The summed E-state index contributed by atoms with van der Waals surface area (Å²) in [6.07, 6.45) is 2.09. The number of benzene rings is 1. The van der Waals surface area contributed by atoms with Gasteiger partial charge in [0, 0.05) is 6.54 Å². The quantitative estimate of drug-likeness (QED) is 0.889. The van der Waals surface area contributed by atoms with Crippen molar-refractivity contribution >= 4 is 23.1 Å². The van der Waals surface area contributed by atoms with Gasteiger partial charge in [-0.1, -0.05) is 23.7 Å². The van der Waals surface area contributed by atoms with Gasteiger partial charge >= 0.3 is 6.01 Å². The van der Waals surface area contributed by atoms with Crippen LogP contribution in [-0.4, -0.2) is 30.2 Å². The third-order valence-electron chi connectivity index (χ3n) is 2.87. The maximum absolute atomic E-state index is 14.1. The first-order chi connectivity index (χ1) is 10.2. The number of anilines is 2. The molecule has 0 aliphatic heterocycles. The number of methoxy groups -OCH3 is 1. The van der Waals surface area contributed by atoms with E-state index in [1.807, 2.05) is 0 Å². The zero-order chi connectivity index (χ0) is 15.2. The van der Waals surface area contributed by atoms with E-state index in [0.717, 1.165) is 0 Å². The number of hydrogen-bond donors (Lipinski definition) is 1. The molecule has 0 atom stereocenters. The summed E-state index contributed by atoms with van der Waals surface area (Å²) >= 11 is 6.15. The first-order valence-corrected chi connectivity index (χ1v) is 6.84. The van der Waals surface area contributed by atoms with Crippen LogP contribution in [0.15, 0.2) is 30.5 Å². The molecule has 2 rings (SSSR count). The standard InChI is InChI=1S/C14H16ClFN4O/c1-21-14-18-9-10(15)13(19-14)20(8-4-7-17)12-6-3-2-5-11(12)16/h2-3,5-6,9H,4,7-8,17H2,1H3. The van der Waals surface area contributed by atoms with Gasteiger partial charge in [-0.15, -0.1) is 0 Å². The lowest BCUT2D eigenvalue weighted by Gasteiger charge is -2.25. The van der Waals surface area contributed by atoms with Crippen LogP contribution in [0.2, 0.25) is 5.02 Å². The summed E-state index contributed by atoms with van der Waals surface area (Å²) in [6.45, 7) is 0.960. The minimum atomic E-state index is -0.358. The van der Waals surface area contributed by atoms with Crippen LogP contribution in [0.4, 0.5) is 15.9 Å². The Kier molecular flexibility index (Phi) is 5.30. The number of para-hydroxylation sites is 1. The Morgan fingerprint density at radius 1 is 1.38 bits per heavy atom. The zero-order valence-electron chi connectivity index (χ0n) is 11.6. The highest BCUT2D eigenvalue weighted by Crippen LogP contribution is 2.32. The fraction of sp³-hybridized carbons (Fsp3) is 0.286. The van der Waals surface area contributed by atoms with Crippen molar-refractivity contribution in [2.45, 2.75) is 6.42 Å². The predicted octanol–water partition coefficient (Wildman–Crippen LogP) is 2.76. The summed E-state index contributed by atoms with van der Waals surface area (Å²) < 4.78 is 19.1. The third kappa shape index (κ3) is 3.59. The number of ether oxygens (including phenoxy) is 1. The van der Waals surface area contributed by atoms with Gasteiger partial charge in [0.2, 0.25) is 0 Å². The minimum Gasteiger partial charge on any atom is -0.467 e. The van der Waals surface area contributed by atoms with Crippen LogP contribution in [0.3, 0.4) is 0 Å². The second-order valence-corrected chi connectivity index (χ2v) is 4.68. The van der Waals surface area contributed by atoms with E-state index in [4.69, 9.17) is 22.1 Å². The summed E-state index contributed by atoms with van der Waals surface area (Å²) in [7, 11) is 1.46. The Labute approximate surface area is 127 Å².